The van der Waals surface area contributed by atoms with Crippen LogP contribution in [-0.4, -0.2) is 41.6 Å². The average molecular weight is 379 g/mol. The zero-order valence-electron chi connectivity index (χ0n) is 16.4. The monoisotopic (exact) mass is 379 g/mol. The van der Waals surface area contributed by atoms with Crippen molar-refractivity contribution in [2.75, 3.05) is 26.2 Å². The third-order valence-corrected chi connectivity index (χ3v) is 5.04. The molecule has 0 bridgehead atoms. The van der Waals surface area contributed by atoms with Crippen LogP contribution >= 0.6 is 0 Å². The van der Waals surface area contributed by atoms with Gasteiger partial charge in [-0.1, -0.05) is 30.3 Å². The minimum atomic E-state index is -0.330. The fourth-order valence-corrected chi connectivity index (χ4v) is 3.33. The third-order valence-electron chi connectivity index (χ3n) is 5.04. The van der Waals surface area contributed by atoms with Crippen molar-refractivity contribution in [3.63, 3.8) is 0 Å². The summed E-state index contributed by atoms with van der Waals surface area (Å²) >= 11 is 0. The molecule has 0 atom stereocenters. The van der Waals surface area contributed by atoms with Crippen molar-refractivity contribution >= 4 is 16.9 Å². The number of fused-ring (bicyclic) bond motifs is 1. The summed E-state index contributed by atoms with van der Waals surface area (Å²) in [6.07, 6.45) is 1.66. The molecule has 28 heavy (non-hydrogen) atoms. The Labute approximate surface area is 164 Å². The second kappa shape index (κ2) is 9.28. The Morgan fingerprint density at radius 1 is 1.11 bits per heavy atom. The Kier molecular flexibility index (Phi) is 6.55. The lowest BCUT2D eigenvalue weighted by molar-refractivity contribution is -0.895. The summed E-state index contributed by atoms with van der Waals surface area (Å²) in [4.78, 5) is 31.6. The first-order valence-electron chi connectivity index (χ1n) is 9.78. The van der Waals surface area contributed by atoms with Gasteiger partial charge in [0, 0.05) is 11.6 Å². The highest BCUT2D eigenvalue weighted by Crippen LogP contribution is 2.13. The van der Waals surface area contributed by atoms with Gasteiger partial charge in [0.25, 0.3) is 11.5 Å². The van der Waals surface area contributed by atoms with Gasteiger partial charge >= 0.3 is 0 Å². The van der Waals surface area contributed by atoms with Crippen LogP contribution in [0.2, 0.25) is 0 Å². The van der Waals surface area contributed by atoms with Gasteiger partial charge in [0.05, 0.1) is 32.7 Å². The van der Waals surface area contributed by atoms with Gasteiger partial charge in [-0.05, 0) is 37.6 Å². The van der Waals surface area contributed by atoms with E-state index in [1.165, 1.54) is 4.90 Å². The molecule has 0 aliphatic carbocycles. The Hall–Kier alpha value is -2.99. The SMILES string of the molecule is CC[NH+](CC)CCNC(=O)c1cc2cccnc2n(Cc2ccccc2)c1=O. The Morgan fingerprint density at radius 2 is 1.86 bits per heavy atom. The molecule has 6 nitrogen and oxygen atoms in total. The summed E-state index contributed by atoms with van der Waals surface area (Å²) < 4.78 is 1.58. The number of carbonyl (C=O) groups is 1. The van der Waals surface area contributed by atoms with Gasteiger partial charge in [-0.25, -0.2) is 4.98 Å². The van der Waals surface area contributed by atoms with Crippen molar-refractivity contribution in [3.05, 3.63) is 76.2 Å². The predicted molar refractivity (Wildman–Crippen MR) is 111 cm³/mol. The van der Waals surface area contributed by atoms with Gasteiger partial charge in [0.1, 0.15) is 11.2 Å². The van der Waals surface area contributed by atoms with Crippen molar-refractivity contribution in [1.29, 1.82) is 0 Å². The first kappa shape index (κ1) is 19.8. The predicted octanol–water partition coefficient (Wildman–Crippen LogP) is 1.10. The molecule has 0 saturated heterocycles. The maximum atomic E-state index is 13.1. The minimum absolute atomic E-state index is 0.158. The van der Waals surface area contributed by atoms with Crippen LogP contribution in [0.4, 0.5) is 0 Å². The highest BCUT2D eigenvalue weighted by molar-refractivity contribution is 5.96. The number of nitrogens with one attached hydrogen (secondary N) is 2. The lowest BCUT2D eigenvalue weighted by atomic mass is 10.1. The molecular weight excluding hydrogens is 352 g/mol. The van der Waals surface area contributed by atoms with Crippen molar-refractivity contribution in [1.82, 2.24) is 14.9 Å². The molecule has 2 heterocycles. The first-order chi connectivity index (χ1) is 13.6. The van der Waals surface area contributed by atoms with E-state index in [0.29, 0.717) is 18.7 Å². The molecule has 3 aromatic rings. The van der Waals surface area contributed by atoms with E-state index in [0.717, 1.165) is 30.6 Å². The maximum absolute atomic E-state index is 13.1. The van der Waals surface area contributed by atoms with Gasteiger partial charge in [-0.3, -0.25) is 14.2 Å². The van der Waals surface area contributed by atoms with Crippen LogP contribution in [0, 0.1) is 0 Å². The van der Waals surface area contributed by atoms with Crippen molar-refractivity contribution in [2.24, 2.45) is 0 Å². The van der Waals surface area contributed by atoms with Gasteiger partial charge in [0.15, 0.2) is 0 Å². The van der Waals surface area contributed by atoms with E-state index in [9.17, 15) is 9.59 Å². The van der Waals surface area contributed by atoms with Crippen molar-refractivity contribution in [2.45, 2.75) is 20.4 Å². The summed E-state index contributed by atoms with van der Waals surface area (Å²) in [5.74, 6) is -0.330. The smallest absolute Gasteiger partial charge is 0.265 e. The lowest BCUT2D eigenvalue weighted by Gasteiger charge is -2.16. The van der Waals surface area contributed by atoms with Crippen molar-refractivity contribution in [3.8, 4) is 0 Å². The number of nitrogens with zero attached hydrogens (tertiary/aromatic N) is 2. The molecule has 0 aliphatic heterocycles. The van der Waals surface area contributed by atoms with Crippen LogP contribution < -0.4 is 15.8 Å². The van der Waals surface area contributed by atoms with E-state index >= 15 is 0 Å². The summed E-state index contributed by atoms with van der Waals surface area (Å²) in [6, 6.07) is 15.0. The molecule has 2 N–H and O–H groups in total. The summed E-state index contributed by atoms with van der Waals surface area (Å²) in [7, 11) is 0. The number of pyridine rings is 2. The fourth-order valence-electron chi connectivity index (χ4n) is 3.33. The van der Waals surface area contributed by atoms with E-state index < -0.39 is 0 Å². The number of rotatable bonds is 8. The molecule has 6 heteroatoms. The summed E-state index contributed by atoms with van der Waals surface area (Å²) in [5, 5.41) is 3.68. The van der Waals surface area contributed by atoms with Crippen LogP contribution in [0.1, 0.15) is 29.8 Å². The molecular formula is C22H27N4O2+. The van der Waals surface area contributed by atoms with Gasteiger partial charge in [-0.15, -0.1) is 0 Å². The molecule has 0 aliphatic rings. The van der Waals surface area contributed by atoms with E-state index in [1.54, 1.807) is 16.8 Å². The van der Waals surface area contributed by atoms with Crippen LogP contribution in [0.25, 0.3) is 11.0 Å². The zero-order valence-corrected chi connectivity index (χ0v) is 16.4. The molecule has 146 valence electrons. The highest BCUT2D eigenvalue weighted by atomic mass is 16.2. The molecule has 0 fully saturated rings. The van der Waals surface area contributed by atoms with E-state index in [2.05, 4.69) is 24.1 Å². The normalized spacial score (nSPS) is 11.1. The van der Waals surface area contributed by atoms with Crippen molar-refractivity contribution < 1.29 is 9.69 Å². The van der Waals surface area contributed by atoms with Gasteiger partial charge in [0.2, 0.25) is 0 Å². The number of hydrogen-bond acceptors (Lipinski definition) is 3. The Bertz CT molecular complexity index is 994. The second-order valence-corrected chi connectivity index (χ2v) is 6.81. The quantitative estimate of drug-likeness (QED) is 0.616. The van der Waals surface area contributed by atoms with E-state index in [4.69, 9.17) is 0 Å². The van der Waals surface area contributed by atoms with Crippen LogP contribution in [0.5, 0.6) is 0 Å². The number of hydrogen-bond donors (Lipinski definition) is 2. The number of aromatic nitrogens is 2. The molecule has 3 rings (SSSR count). The van der Waals surface area contributed by atoms with Crippen LogP contribution in [0.15, 0.2) is 59.5 Å². The second-order valence-electron chi connectivity index (χ2n) is 6.81. The van der Waals surface area contributed by atoms with Gasteiger partial charge < -0.3 is 10.2 Å². The van der Waals surface area contributed by atoms with E-state index in [1.807, 2.05) is 42.5 Å². The average Bonchev–Trinajstić information content (AvgIpc) is 2.73. The summed E-state index contributed by atoms with van der Waals surface area (Å²) in [6.45, 7) is 8.03. The molecule has 0 spiro atoms. The highest BCUT2D eigenvalue weighted by Gasteiger charge is 2.17. The number of likely N-dealkylation sites (N-methyl/N-ethyl adjacent to an activating group) is 1. The molecule has 0 unspecified atom stereocenters. The zero-order chi connectivity index (χ0) is 19.9. The minimum Gasteiger partial charge on any atom is -0.346 e. The first-order valence-corrected chi connectivity index (χ1v) is 9.78. The Morgan fingerprint density at radius 3 is 2.57 bits per heavy atom. The van der Waals surface area contributed by atoms with Crippen LogP contribution in [0.3, 0.4) is 0 Å². The molecule has 0 saturated carbocycles. The number of carbonyl (C=O) groups excluding carboxylic acids is 1. The molecule has 1 amide bonds. The topological polar surface area (TPSA) is 68.4 Å². The molecule has 2 aromatic heterocycles. The maximum Gasteiger partial charge on any atom is 0.265 e. The summed E-state index contributed by atoms with van der Waals surface area (Å²) in [5.41, 5.74) is 1.41. The molecule has 1 aromatic carbocycles. The third kappa shape index (κ3) is 4.46. The number of amides is 1. The van der Waals surface area contributed by atoms with Crippen LogP contribution in [-0.2, 0) is 6.54 Å². The standard InChI is InChI=1S/C22H26N4O2/c1-3-25(4-2)14-13-24-21(27)19-15-18-11-8-12-23-20(18)26(22(19)28)16-17-9-6-5-7-10-17/h5-12,15H,3-4,13-14,16H2,1-2H3,(H,24,27)/p+1. The number of benzene rings is 1. The largest absolute Gasteiger partial charge is 0.346 e. The fraction of sp³-hybridized carbons (Fsp3) is 0.318. The Balaban J connectivity index is 1.91. The van der Waals surface area contributed by atoms with Gasteiger partial charge in [-0.2, -0.15) is 0 Å². The molecule has 0 radical (unpaired) electrons. The van der Waals surface area contributed by atoms with E-state index in [-0.39, 0.29) is 17.0 Å². The lowest BCUT2D eigenvalue weighted by Crippen LogP contribution is -3.12. The number of quaternary nitrogens is 1.